The molecule has 1 aliphatic rings. The highest BCUT2D eigenvalue weighted by molar-refractivity contribution is 7.98. The zero-order chi connectivity index (χ0) is 12.6. The van der Waals surface area contributed by atoms with Gasteiger partial charge in [-0.2, -0.15) is 13.2 Å². The van der Waals surface area contributed by atoms with Crippen LogP contribution < -0.4 is 0 Å². The van der Waals surface area contributed by atoms with E-state index in [1.165, 1.54) is 0 Å². The molecule has 17 heavy (non-hydrogen) atoms. The number of nitrogens with zero attached hydrogens (tertiary/aromatic N) is 2. The molecule has 1 aliphatic carbocycles. The number of hydrogen-bond donors (Lipinski definition) is 1. The van der Waals surface area contributed by atoms with Crippen LogP contribution in [0.15, 0.2) is 5.16 Å². The first-order chi connectivity index (χ1) is 7.91. The molecule has 0 saturated carbocycles. The van der Waals surface area contributed by atoms with E-state index in [1.54, 1.807) is 6.26 Å². The summed E-state index contributed by atoms with van der Waals surface area (Å²) in [5.74, 6) is 0. The van der Waals surface area contributed by atoms with Gasteiger partial charge in [0.1, 0.15) is 0 Å². The largest absolute Gasteiger partial charge is 0.433 e. The third kappa shape index (κ3) is 2.55. The van der Waals surface area contributed by atoms with Crippen LogP contribution in [-0.2, 0) is 19.0 Å². The van der Waals surface area contributed by atoms with Crippen molar-refractivity contribution in [3.05, 3.63) is 17.0 Å². The number of hydrogen-bond acceptors (Lipinski definition) is 4. The molecule has 0 aromatic carbocycles. The molecule has 0 aliphatic heterocycles. The Morgan fingerprint density at radius 1 is 1.35 bits per heavy atom. The fourth-order valence-corrected chi connectivity index (χ4v) is 2.28. The minimum absolute atomic E-state index is 0.0150. The number of alkyl halides is 3. The van der Waals surface area contributed by atoms with Gasteiger partial charge in [0.2, 0.25) is 0 Å². The van der Waals surface area contributed by atoms with Crippen molar-refractivity contribution in [3.8, 4) is 0 Å². The summed E-state index contributed by atoms with van der Waals surface area (Å²) in [7, 11) is 0. The van der Waals surface area contributed by atoms with Crippen LogP contribution in [0.4, 0.5) is 13.2 Å². The normalized spacial score (nSPS) is 20.2. The molecule has 1 heterocycles. The van der Waals surface area contributed by atoms with Gasteiger partial charge in [0.05, 0.1) is 6.10 Å². The molecule has 0 fully saturated rings. The molecule has 1 aromatic heterocycles. The Bertz CT molecular complexity index is 436. The smallest absolute Gasteiger partial charge is 0.393 e. The highest BCUT2D eigenvalue weighted by atomic mass is 32.2. The molecular formula is C10H11F3N2OS. The molecule has 1 atom stereocenters. The van der Waals surface area contributed by atoms with E-state index >= 15 is 0 Å². The number of rotatable bonds is 1. The Kier molecular flexibility index (Phi) is 3.31. The van der Waals surface area contributed by atoms with Crippen molar-refractivity contribution in [2.75, 3.05) is 6.26 Å². The number of aromatic nitrogens is 2. The summed E-state index contributed by atoms with van der Waals surface area (Å²) in [6.07, 6.45) is -2.77. The van der Waals surface area contributed by atoms with E-state index in [0.717, 1.165) is 11.8 Å². The Balaban J connectivity index is 2.56. The van der Waals surface area contributed by atoms with Crippen molar-refractivity contribution in [3.63, 3.8) is 0 Å². The monoisotopic (exact) mass is 264 g/mol. The summed E-state index contributed by atoms with van der Waals surface area (Å²) < 4.78 is 38.5. The molecule has 94 valence electrons. The number of aliphatic hydroxyl groups excluding tert-OH is 1. The molecule has 1 aromatic rings. The second-order valence-corrected chi connectivity index (χ2v) is 4.65. The third-order valence-electron chi connectivity index (χ3n) is 2.68. The van der Waals surface area contributed by atoms with Gasteiger partial charge in [-0.15, -0.1) is 0 Å². The quantitative estimate of drug-likeness (QED) is 0.623. The molecule has 1 N–H and O–H groups in total. The summed E-state index contributed by atoms with van der Waals surface area (Å²) in [6, 6.07) is 0. The summed E-state index contributed by atoms with van der Waals surface area (Å²) in [5.41, 5.74) is -0.429. The Morgan fingerprint density at radius 3 is 2.65 bits per heavy atom. The van der Waals surface area contributed by atoms with Crippen LogP contribution in [0.3, 0.4) is 0 Å². The summed E-state index contributed by atoms with van der Waals surface area (Å²) in [6.45, 7) is 0. The van der Waals surface area contributed by atoms with Crippen LogP contribution in [0.2, 0.25) is 0 Å². The molecule has 1 unspecified atom stereocenters. The Hall–Kier alpha value is -0.820. The molecule has 0 radical (unpaired) electrons. The Labute approximate surface area is 100 Å². The zero-order valence-electron chi connectivity index (χ0n) is 9.08. The second-order valence-electron chi connectivity index (χ2n) is 3.88. The standard InChI is InChI=1S/C10H11F3N2OS/c1-17-9-14-7-3-2-5(16)4-6(7)8(15-9)10(11,12)13/h5,16H,2-4H2,1H3. The van der Waals surface area contributed by atoms with Gasteiger partial charge < -0.3 is 5.11 Å². The van der Waals surface area contributed by atoms with Crippen LogP contribution in [0.1, 0.15) is 23.4 Å². The first-order valence-electron chi connectivity index (χ1n) is 5.11. The summed E-state index contributed by atoms with van der Waals surface area (Å²) >= 11 is 1.09. The SMILES string of the molecule is CSc1nc2c(c(C(F)(F)F)n1)CC(O)CC2. The van der Waals surface area contributed by atoms with Crippen molar-refractivity contribution < 1.29 is 18.3 Å². The summed E-state index contributed by atoms with van der Waals surface area (Å²) in [5, 5.41) is 9.58. The number of aliphatic hydroxyl groups is 1. The van der Waals surface area contributed by atoms with Gasteiger partial charge >= 0.3 is 6.18 Å². The minimum atomic E-state index is -4.49. The van der Waals surface area contributed by atoms with E-state index < -0.39 is 18.0 Å². The molecule has 0 saturated heterocycles. The van der Waals surface area contributed by atoms with Crippen LogP contribution in [0.25, 0.3) is 0 Å². The van der Waals surface area contributed by atoms with Crippen molar-refractivity contribution in [1.29, 1.82) is 0 Å². The van der Waals surface area contributed by atoms with E-state index in [4.69, 9.17) is 0 Å². The predicted octanol–water partition coefficient (Wildman–Crippen LogP) is 2.07. The molecule has 0 bridgehead atoms. The van der Waals surface area contributed by atoms with Gasteiger partial charge in [0, 0.05) is 17.7 Å². The molecule has 3 nitrogen and oxygen atoms in total. The molecular weight excluding hydrogens is 253 g/mol. The topological polar surface area (TPSA) is 46.0 Å². The fourth-order valence-electron chi connectivity index (χ4n) is 1.90. The number of halogens is 3. The van der Waals surface area contributed by atoms with Crippen molar-refractivity contribution in [2.45, 2.75) is 36.7 Å². The summed E-state index contributed by atoms with van der Waals surface area (Å²) in [4.78, 5) is 7.61. The van der Waals surface area contributed by atoms with Gasteiger partial charge in [-0.3, -0.25) is 0 Å². The van der Waals surface area contributed by atoms with Crippen LogP contribution in [-0.4, -0.2) is 27.4 Å². The van der Waals surface area contributed by atoms with E-state index in [9.17, 15) is 18.3 Å². The van der Waals surface area contributed by atoms with E-state index in [2.05, 4.69) is 9.97 Å². The maximum atomic E-state index is 12.8. The first kappa shape index (κ1) is 12.6. The number of thioether (sulfide) groups is 1. The van der Waals surface area contributed by atoms with E-state index in [1.807, 2.05) is 0 Å². The van der Waals surface area contributed by atoms with Gasteiger partial charge in [0.15, 0.2) is 10.9 Å². The number of fused-ring (bicyclic) bond motifs is 1. The van der Waals surface area contributed by atoms with Crippen LogP contribution in [0, 0.1) is 0 Å². The molecule has 0 amide bonds. The molecule has 2 rings (SSSR count). The molecule has 7 heteroatoms. The van der Waals surface area contributed by atoms with Gasteiger partial charge in [0.25, 0.3) is 0 Å². The maximum absolute atomic E-state index is 12.8. The van der Waals surface area contributed by atoms with Crippen molar-refractivity contribution >= 4 is 11.8 Å². The van der Waals surface area contributed by atoms with E-state index in [-0.39, 0.29) is 17.1 Å². The van der Waals surface area contributed by atoms with E-state index in [0.29, 0.717) is 18.5 Å². The van der Waals surface area contributed by atoms with Gasteiger partial charge in [-0.1, -0.05) is 11.8 Å². The molecule has 0 spiro atoms. The van der Waals surface area contributed by atoms with Crippen molar-refractivity contribution in [1.82, 2.24) is 9.97 Å². The van der Waals surface area contributed by atoms with Crippen LogP contribution in [0.5, 0.6) is 0 Å². The maximum Gasteiger partial charge on any atom is 0.433 e. The number of aryl methyl sites for hydroxylation is 1. The fraction of sp³-hybridized carbons (Fsp3) is 0.600. The van der Waals surface area contributed by atoms with Crippen LogP contribution >= 0.6 is 11.8 Å². The Morgan fingerprint density at radius 2 is 2.06 bits per heavy atom. The predicted molar refractivity (Wildman–Crippen MR) is 56.8 cm³/mol. The van der Waals surface area contributed by atoms with Gasteiger partial charge in [-0.25, -0.2) is 9.97 Å². The van der Waals surface area contributed by atoms with Crippen molar-refractivity contribution in [2.24, 2.45) is 0 Å². The lowest BCUT2D eigenvalue weighted by Crippen LogP contribution is -2.25. The first-order valence-corrected chi connectivity index (χ1v) is 6.33. The highest BCUT2D eigenvalue weighted by Gasteiger charge is 2.38. The lowest BCUT2D eigenvalue weighted by molar-refractivity contribution is -0.142. The second kappa shape index (κ2) is 4.45. The average Bonchev–Trinajstić information content (AvgIpc) is 2.26. The third-order valence-corrected chi connectivity index (χ3v) is 3.23. The average molecular weight is 264 g/mol. The lowest BCUT2D eigenvalue weighted by Gasteiger charge is -2.23. The van der Waals surface area contributed by atoms with Gasteiger partial charge in [-0.05, 0) is 19.1 Å². The minimum Gasteiger partial charge on any atom is -0.393 e. The highest BCUT2D eigenvalue weighted by Crippen LogP contribution is 2.35. The lowest BCUT2D eigenvalue weighted by atomic mass is 9.92. The zero-order valence-corrected chi connectivity index (χ0v) is 9.90.